The van der Waals surface area contributed by atoms with Crippen LogP contribution in [0.25, 0.3) is 21.5 Å². The number of halogens is 1. The topological polar surface area (TPSA) is 0 Å². The monoisotopic (exact) mass is 396 g/mol. The Morgan fingerprint density at radius 1 is 0.640 bits per heavy atom. The summed E-state index contributed by atoms with van der Waals surface area (Å²) in [6.07, 6.45) is 12.2. The molecule has 3 aromatic carbocycles. The fraction of sp³-hybridized carbons (Fsp3) is 0.417. The Bertz CT molecular complexity index is 819. The third kappa shape index (κ3) is 4.64. The maximum Gasteiger partial charge on any atom is 0.0285 e. The van der Waals surface area contributed by atoms with Crippen LogP contribution in [0.4, 0.5) is 0 Å². The molecule has 0 nitrogen and oxygen atoms in total. The molecular weight excluding hydrogens is 368 g/mol. The number of aryl methyl sites for hydroxylation is 1. The first kappa shape index (κ1) is 18.5. The van der Waals surface area contributed by atoms with Gasteiger partial charge in [0.05, 0.1) is 0 Å². The van der Waals surface area contributed by atoms with Crippen molar-refractivity contribution in [3.8, 4) is 0 Å². The van der Waals surface area contributed by atoms with Gasteiger partial charge in [0.2, 0.25) is 0 Å². The number of benzene rings is 3. The van der Waals surface area contributed by atoms with E-state index in [1.165, 1.54) is 89.4 Å². The van der Waals surface area contributed by atoms with Crippen LogP contribution in [0.3, 0.4) is 0 Å². The number of unbranched alkanes of at least 4 members (excludes halogenated alkanes) is 7. The molecule has 0 unspecified atom stereocenters. The molecule has 0 fully saturated rings. The molecule has 0 radical (unpaired) electrons. The van der Waals surface area contributed by atoms with Gasteiger partial charge < -0.3 is 0 Å². The lowest BCUT2D eigenvalue weighted by Crippen LogP contribution is -1.90. The van der Waals surface area contributed by atoms with Gasteiger partial charge in [-0.1, -0.05) is 100 Å². The number of fused-ring (bicyclic) bond motifs is 3. The van der Waals surface area contributed by atoms with E-state index in [9.17, 15) is 0 Å². The molecule has 25 heavy (non-hydrogen) atoms. The molecular formula is C24H29Br. The lowest BCUT2D eigenvalue weighted by atomic mass is 9.98. The number of rotatable bonds is 9. The summed E-state index contributed by atoms with van der Waals surface area (Å²) >= 11 is 3.88. The fourth-order valence-corrected chi connectivity index (χ4v) is 4.42. The Morgan fingerprint density at radius 2 is 1.32 bits per heavy atom. The predicted molar refractivity (Wildman–Crippen MR) is 115 cm³/mol. The van der Waals surface area contributed by atoms with E-state index in [1.807, 2.05) is 0 Å². The van der Waals surface area contributed by atoms with E-state index in [0.29, 0.717) is 0 Å². The molecule has 0 aromatic heterocycles. The maximum absolute atomic E-state index is 3.88. The van der Waals surface area contributed by atoms with E-state index >= 15 is 0 Å². The highest BCUT2D eigenvalue weighted by Crippen LogP contribution is 2.33. The van der Waals surface area contributed by atoms with Crippen LogP contribution in [-0.2, 0) is 6.42 Å². The first-order valence-electron chi connectivity index (χ1n) is 9.90. The van der Waals surface area contributed by atoms with E-state index in [4.69, 9.17) is 0 Å². The van der Waals surface area contributed by atoms with Crippen LogP contribution in [0.15, 0.2) is 53.0 Å². The third-order valence-corrected chi connectivity index (χ3v) is 6.18. The normalized spacial score (nSPS) is 11.4. The summed E-state index contributed by atoms with van der Waals surface area (Å²) < 4.78 is 1.29. The zero-order valence-electron chi connectivity index (χ0n) is 15.4. The van der Waals surface area contributed by atoms with Crippen molar-refractivity contribution < 1.29 is 0 Å². The highest BCUT2D eigenvalue weighted by atomic mass is 79.9. The molecule has 3 rings (SSSR count). The largest absolute Gasteiger partial charge is 0.0654 e. The first-order chi connectivity index (χ1) is 12.3. The molecule has 0 aliphatic rings. The maximum atomic E-state index is 3.88. The molecule has 0 heterocycles. The molecule has 0 atom stereocenters. The second-order valence-electron chi connectivity index (χ2n) is 7.15. The van der Waals surface area contributed by atoms with Gasteiger partial charge in [0.25, 0.3) is 0 Å². The number of hydrogen-bond donors (Lipinski definition) is 0. The summed E-state index contributed by atoms with van der Waals surface area (Å²) in [5.41, 5.74) is 1.45. The molecule has 3 aromatic rings. The minimum Gasteiger partial charge on any atom is -0.0654 e. The van der Waals surface area contributed by atoms with Crippen LogP contribution in [0.5, 0.6) is 0 Å². The molecule has 0 saturated heterocycles. The average molecular weight is 397 g/mol. The molecule has 0 spiro atoms. The first-order valence-corrected chi connectivity index (χ1v) is 10.7. The van der Waals surface area contributed by atoms with Gasteiger partial charge in [-0.25, -0.2) is 0 Å². The SMILES string of the molecule is CCCCCCCCCCc1ccc2c(ccc3ccccc32)c1Br. The second kappa shape index (κ2) is 9.38. The second-order valence-corrected chi connectivity index (χ2v) is 7.94. The van der Waals surface area contributed by atoms with Gasteiger partial charge >= 0.3 is 0 Å². The summed E-state index contributed by atoms with van der Waals surface area (Å²) in [5.74, 6) is 0. The van der Waals surface area contributed by atoms with Crippen molar-refractivity contribution in [1.29, 1.82) is 0 Å². The van der Waals surface area contributed by atoms with Gasteiger partial charge in [-0.15, -0.1) is 0 Å². The minimum atomic E-state index is 1.18. The summed E-state index contributed by atoms with van der Waals surface area (Å²) in [7, 11) is 0. The summed E-state index contributed by atoms with van der Waals surface area (Å²) in [5, 5.41) is 5.36. The highest BCUT2D eigenvalue weighted by Gasteiger charge is 2.07. The quantitative estimate of drug-likeness (QED) is 0.251. The van der Waals surface area contributed by atoms with Crippen molar-refractivity contribution in [2.24, 2.45) is 0 Å². The Kier molecular flexibility index (Phi) is 6.93. The van der Waals surface area contributed by atoms with Gasteiger partial charge in [0, 0.05) is 4.47 Å². The fourth-order valence-electron chi connectivity index (χ4n) is 3.74. The standard InChI is InChI=1S/C24H29Br/c1-2-3-4-5-6-7-8-9-13-20-16-17-22-21-14-11-10-12-19(21)15-18-23(22)24(20)25/h10-12,14-18H,2-9,13H2,1H3. The molecule has 0 aliphatic carbocycles. The van der Waals surface area contributed by atoms with Gasteiger partial charge in [0.15, 0.2) is 0 Å². The van der Waals surface area contributed by atoms with Crippen molar-refractivity contribution in [3.05, 3.63) is 58.6 Å². The molecule has 1 heteroatoms. The third-order valence-electron chi connectivity index (χ3n) is 5.24. The van der Waals surface area contributed by atoms with Gasteiger partial charge in [-0.2, -0.15) is 0 Å². The van der Waals surface area contributed by atoms with E-state index in [-0.39, 0.29) is 0 Å². The Morgan fingerprint density at radius 3 is 2.12 bits per heavy atom. The van der Waals surface area contributed by atoms with Gasteiger partial charge in [-0.3, -0.25) is 0 Å². The van der Waals surface area contributed by atoms with E-state index in [0.717, 1.165) is 0 Å². The molecule has 0 amide bonds. The van der Waals surface area contributed by atoms with Gasteiger partial charge in [0.1, 0.15) is 0 Å². The van der Waals surface area contributed by atoms with Crippen LogP contribution in [0.1, 0.15) is 63.9 Å². The smallest absolute Gasteiger partial charge is 0.0285 e. The summed E-state index contributed by atoms with van der Waals surface area (Å²) in [6, 6.07) is 17.8. The van der Waals surface area contributed by atoms with Crippen molar-refractivity contribution in [3.63, 3.8) is 0 Å². The Labute approximate surface area is 160 Å². The van der Waals surface area contributed by atoms with Crippen molar-refractivity contribution in [1.82, 2.24) is 0 Å². The Balaban J connectivity index is 1.61. The van der Waals surface area contributed by atoms with Crippen molar-refractivity contribution >= 4 is 37.5 Å². The minimum absolute atomic E-state index is 1.18. The number of hydrogen-bond acceptors (Lipinski definition) is 0. The zero-order chi connectivity index (χ0) is 17.5. The predicted octanol–water partition coefficient (Wildman–Crippen LogP) is 8.44. The Hall–Kier alpha value is -1.34. The molecule has 132 valence electrons. The molecule has 0 bridgehead atoms. The summed E-state index contributed by atoms with van der Waals surface area (Å²) in [4.78, 5) is 0. The lowest BCUT2D eigenvalue weighted by Gasteiger charge is -2.10. The van der Waals surface area contributed by atoms with E-state index in [1.54, 1.807) is 0 Å². The molecule has 0 N–H and O–H groups in total. The lowest BCUT2D eigenvalue weighted by molar-refractivity contribution is 0.575. The van der Waals surface area contributed by atoms with E-state index in [2.05, 4.69) is 71.4 Å². The average Bonchev–Trinajstić information content (AvgIpc) is 2.65. The molecule has 0 aliphatic heterocycles. The van der Waals surface area contributed by atoms with Gasteiger partial charge in [-0.05, 0) is 55.9 Å². The van der Waals surface area contributed by atoms with Crippen molar-refractivity contribution in [2.75, 3.05) is 0 Å². The van der Waals surface area contributed by atoms with Crippen LogP contribution >= 0.6 is 15.9 Å². The van der Waals surface area contributed by atoms with Crippen LogP contribution in [0, 0.1) is 0 Å². The van der Waals surface area contributed by atoms with E-state index < -0.39 is 0 Å². The van der Waals surface area contributed by atoms with Crippen molar-refractivity contribution in [2.45, 2.75) is 64.7 Å². The van der Waals surface area contributed by atoms with Crippen LogP contribution < -0.4 is 0 Å². The molecule has 0 saturated carbocycles. The van der Waals surface area contributed by atoms with Crippen LogP contribution in [-0.4, -0.2) is 0 Å². The highest BCUT2D eigenvalue weighted by molar-refractivity contribution is 9.10. The zero-order valence-corrected chi connectivity index (χ0v) is 16.9. The van der Waals surface area contributed by atoms with Crippen LogP contribution in [0.2, 0.25) is 0 Å². The summed E-state index contributed by atoms with van der Waals surface area (Å²) in [6.45, 7) is 2.28.